The van der Waals surface area contributed by atoms with Crippen LogP contribution in [0.4, 0.5) is 5.69 Å². The van der Waals surface area contributed by atoms with E-state index >= 15 is 0 Å². The molecule has 0 unspecified atom stereocenters. The van der Waals surface area contributed by atoms with Gasteiger partial charge in [0, 0.05) is 6.20 Å². The van der Waals surface area contributed by atoms with Crippen molar-refractivity contribution in [1.82, 2.24) is 15.1 Å². The molecular weight excluding hydrogens is 388 g/mol. The largest absolute Gasteiger partial charge is 0.469 e. The number of ether oxygens (including phenoxy) is 1. The van der Waals surface area contributed by atoms with Crippen molar-refractivity contribution >= 4 is 23.5 Å². The Labute approximate surface area is 175 Å². The maximum atomic E-state index is 12.7. The Balaban J connectivity index is 1.59. The molecule has 0 radical (unpaired) electrons. The van der Waals surface area contributed by atoms with E-state index in [9.17, 15) is 14.4 Å². The molecule has 9 heteroatoms. The molecule has 2 N–H and O–H groups in total. The van der Waals surface area contributed by atoms with Gasteiger partial charge in [-0.3, -0.25) is 19.1 Å². The van der Waals surface area contributed by atoms with Crippen LogP contribution >= 0.6 is 0 Å². The minimum absolute atomic E-state index is 0.00875. The number of carbonyl (C=O) groups is 3. The molecule has 0 aliphatic heterocycles. The van der Waals surface area contributed by atoms with Gasteiger partial charge in [-0.25, -0.2) is 0 Å². The fraction of sp³-hybridized carbons (Fsp3) is 0.524. The Kier molecular flexibility index (Phi) is 6.91. The molecule has 162 valence electrons. The van der Waals surface area contributed by atoms with Crippen molar-refractivity contribution in [2.75, 3.05) is 11.9 Å². The molecule has 1 saturated carbocycles. The molecule has 0 spiro atoms. The number of nitrogens with zero attached hydrogens (tertiary/aromatic N) is 2. The second kappa shape index (κ2) is 9.60. The van der Waals surface area contributed by atoms with Crippen LogP contribution in [0.2, 0.25) is 0 Å². The minimum Gasteiger partial charge on any atom is -0.469 e. The van der Waals surface area contributed by atoms with Crippen LogP contribution in [0.1, 0.15) is 61.6 Å². The van der Waals surface area contributed by atoms with Crippen LogP contribution in [0.15, 0.2) is 29.1 Å². The number of carbonyl (C=O) groups excluding carboxylic acids is 3. The number of rotatable bonds is 8. The van der Waals surface area contributed by atoms with Crippen molar-refractivity contribution < 1.29 is 23.5 Å². The van der Waals surface area contributed by atoms with Crippen LogP contribution in [-0.4, -0.2) is 39.7 Å². The second-order valence-electron chi connectivity index (χ2n) is 7.64. The fourth-order valence-corrected chi connectivity index (χ4v) is 3.88. The van der Waals surface area contributed by atoms with Crippen molar-refractivity contribution in [2.24, 2.45) is 0 Å². The highest BCUT2D eigenvalue weighted by atomic mass is 16.5. The lowest BCUT2D eigenvalue weighted by molar-refractivity contribution is -0.145. The zero-order valence-corrected chi connectivity index (χ0v) is 17.4. The molecule has 1 fully saturated rings. The van der Waals surface area contributed by atoms with E-state index in [1.54, 1.807) is 26.1 Å². The molecule has 30 heavy (non-hydrogen) atoms. The molecule has 2 aromatic rings. The van der Waals surface area contributed by atoms with Gasteiger partial charge in [-0.2, -0.15) is 5.10 Å². The summed E-state index contributed by atoms with van der Waals surface area (Å²) in [4.78, 5) is 37.0. The molecule has 0 bridgehead atoms. The lowest BCUT2D eigenvalue weighted by Crippen LogP contribution is -2.52. The summed E-state index contributed by atoms with van der Waals surface area (Å²) < 4.78 is 11.7. The molecule has 0 aromatic carbocycles. The number of hydrogen-bond donors (Lipinski definition) is 2. The average Bonchev–Trinajstić information content (AvgIpc) is 3.31. The Morgan fingerprint density at radius 1 is 1.27 bits per heavy atom. The van der Waals surface area contributed by atoms with Crippen LogP contribution in [0.25, 0.3) is 0 Å². The van der Waals surface area contributed by atoms with Gasteiger partial charge < -0.3 is 19.8 Å². The van der Waals surface area contributed by atoms with Gasteiger partial charge in [-0.15, -0.1) is 0 Å². The molecule has 3 rings (SSSR count). The van der Waals surface area contributed by atoms with E-state index < -0.39 is 5.54 Å². The Hall–Kier alpha value is -3.10. The third-order valence-corrected chi connectivity index (χ3v) is 5.30. The summed E-state index contributed by atoms with van der Waals surface area (Å²) in [7, 11) is 0. The van der Waals surface area contributed by atoms with Gasteiger partial charge >= 0.3 is 5.97 Å². The van der Waals surface area contributed by atoms with Gasteiger partial charge in [0.05, 0.1) is 42.3 Å². The lowest BCUT2D eigenvalue weighted by Gasteiger charge is -2.37. The van der Waals surface area contributed by atoms with E-state index in [4.69, 9.17) is 9.15 Å². The predicted octanol–water partition coefficient (Wildman–Crippen LogP) is 2.81. The summed E-state index contributed by atoms with van der Waals surface area (Å²) in [6.07, 6.45) is 9.23. The lowest BCUT2D eigenvalue weighted by atomic mass is 9.79. The number of amides is 2. The topological polar surface area (TPSA) is 115 Å². The van der Waals surface area contributed by atoms with Crippen molar-refractivity contribution in [3.05, 3.63) is 36.0 Å². The van der Waals surface area contributed by atoms with Crippen LogP contribution < -0.4 is 10.6 Å². The summed E-state index contributed by atoms with van der Waals surface area (Å²) in [5.74, 6) is -0.300. The van der Waals surface area contributed by atoms with Crippen LogP contribution in [0.3, 0.4) is 0 Å². The van der Waals surface area contributed by atoms with Crippen LogP contribution in [0, 0.1) is 6.92 Å². The number of hydrogen-bond acceptors (Lipinski definition) is 6. The minimum atomic E-state index is -0.565. The average molecular weight is 416 g/mol. The number of anilines is 1. The number of esters is 1. The van der Waals surface area contributed by atoms with E-state index in [-0.39, 0.29) is 30.7 Å². The maximum absolute atomic E-state index is 12.7. The van der Waals surface area contributed by atoms with E-state index in [1.807, 2.05) is 0 Å². The zero-order valence-electron chi connectivity index (χ0n) is 17.4. The predicted molar refractivity (Wildman–Crippen MR) is 109 cm³/mol. The highest BCUT2D eigenvalue weighted by Gasteiger charge is 2.36. The van der Waals surface area contributed by atoms with Crippen LogP contribution in [0.5, 0.6) is 0 Å². The van der Waals surface area contributed by atoms with E-state index in [2.05, 4.69) is 15.7 Å². The molecule has 2 aromatic heterocycles. The summed E-state index contributed by atoms with van der Waals surface area (Å²) in [6.45, 7) is 3.79. The third-order valence-electron chi connectivity index (χ3n) is 5.30. The SMILES string of the molecule is CCOC(=O)CC1(NC(=O)Cn2cc(NC(=O)c3ccoc3C)cn2)CCCCC1. The highest BCUT2D eigenvalue weighted by molar-refractivity contribution is 6.04. The first-order chi connectivity index (χ1) is 14.4. The van der Waals surface area contributed by atoms with Gasteiger partial charge in [0.2, 0.25) is 5.91 Å². The molecule has 1 aliphatic carbocycles. The second-order valence-corrected chi connectivity index (χ2v) is 7.64. The van der Waals surface area contributed by atoms with E-state index in [1.165, 1.54) is 17.1 Å². The molecule has 2 amide bonds. The first-order valence-electron chi connectivity index (χ1n) is 10.3. The first-order valence-corrected chi connectivity index (χ1v) is 10.3. The third kappa shape index (κ3) is 5.49. The number of aromatic nitrogens is 2. The van der Waals surface area contributed by atoms with Crippen molar-refractivity contribution in [2.45, 2.75) is 64.5 Å². The van der Waals surface area contributed by atoms with Crippen molar-refractivity contribution in [1.29, 1.82) is 0 Å². The van der Waals surface area contributed by atoms with Crippen molar-refractivity contribution in [3.8, 4) is 0 Å². The Morgan fingerprint density at radius 3 is 2.70 bits per heavy atom. The van der Waals surface area contributed by atoms with Gasteiger partial charge in [-0.1, -0.05) is 19.3 Å². The Bertz CT molecular complexity index is 895. The standard InChI is InChI=1S/C21H28N4O5/c1-3-29-19(27)11-21(8-5-4-6-9-21)24-18(26)14-25-13-16(12-22-25)23-20(28)17-7-10-30-15(17)2/h7,10,12-13H,3-6,8-9,11,14H2,1-2H3,(H,23,28)(H,24,26). The molecule has 2 heterocycles. The zero-order chi connectivity index (χ0) is 21.6. The van der Waals surface area contributed by atoms with Gasteiger partial charge in [0.1, 0.15) is 12.3 Å². The number of aryl methyl sites for hydroxylation is 1. The van der Waals surface area contributed by atoms with Gasteiger partial charge in [-0.05, 0) is 32.8 Å². The molecule has 0 saturated heterocycles. The van der Waals surface area contributed by atoms with Crippen molar-refractivity contribution in [3.63, 3.8) is 0 Å². The Morgan fingerprint density at radius 2 is 2.03 bits per heavy atom. The van der Waals surface area contributed by atoms with Gasteiger partial charge in [0.25, 0.3) is 5.91 Å². The fourth-order valence-electron chi connectivity index (χ4n) is 3.88. The summed E-state index contributed by atoms with van der Waals surface area (Å²) in [5, 5.41) is 9.93. The summed E-state index contributed by atoms with van der Waals surface area (Å²) in [5.41, 5.74) is 0.357. The van der Waals surface area contributed by atoms with Gasteiger partial charge in [0.15, 0.2) is 0 Å². The molecule has 0 atom stereocenters. The van der Waals surface area contributed by atoms with Crippen LogP contribution in [-0.2, 0) is 20.9 Å². The summed E-state index contributed by atoms with van der Waals surface area (Å²) in [6, 6.07) is 1.59. The maximum Gasteiger partial charge on any atom is 0.308 e. The normalized spacial score (nSPS) is 15.4. The van der Waals surface area contributed by atoms with E-state index in [0.717, 1.165) is 32.1 Å². The highest BCUT2D eigenvalue weighted by Crippen LogP contribution is 2.31. The monoisotopic (exact) mass is 416 g/mol. The summed E-state index contributed by atoms with van der Waals surface area (Å²) >= 11 is 0. The first kappa shape index (κ1) is 21.6. The molecule has 9 nitrogen and oxygen atoms in total. The quantitative estimate of drug-likeness (QED) is 0.640. The molecule has 1 aliphatic rings. The van der Waals surface area contributed by atoms with E-state index in [0.29, 0.717) is 23.6 Å². The number of nitrogens with one attached hydrogen (secondary N) is 2. The molecular formula is C21H28N4O5. The smallest absolute Gasteiger partial charge is 0.308 e. The number of furan rings is 1.